The Bertz CT molecular complexity index is 1150. The molecule has 11 nitrogen and oxygen atoms in total. The second-order valence-corrected chi connectivity index (χ2v) is 7.26. The van der Waals surface area contributed by atoms with Crippen LogP contribution in [-0.2, 0) is 20.9 Å². The highest BCUT2D eigenvalue weighted by molar-refractivity contribution is 6.25. The number of fused-ring (bicyclic) bond motifs is 1. The Morgan fingerprint density at radius 3 is 2.27 bits per heavy atom. The van der Waals surface area contributed by atoms with Gasteiger partial charge in [0.15, 0.2) is 23.6 Å². The molecule has 2 aliphatic rings. The second kappa shape index (κ2) is 8.77. The molecular formula is C22H22N4O7. The molecule has 2 heterocycles. The van der Waals surface area contributed by atoms with Crippen molar-refractivity contribution in [3.05, 3.63) is 47.5 Å². The van der Waals surface area contributed by atoms with Gasteiger partial charge in [-0.25, -0.2) is 9.69 Å². The fraction of sp³-hybridized carbons (Fsp3) is 0.318. The number of anilines is 1. The molecule has 2 amide bonds. The molecule has 2 unspecified atom stereocenters. The van der Waals surface area contributed by atoms with Crippen molar-refractivity contribution in [3.8, 4) is 17.2 Å². The summed E-state index contributed by atoms with van der Waals surface area (Å²) in [7, 11) is 5.75. The quantitative estimate of drug-likeness (QED) is 0.460. The van der Waals surface area contributed by atoms with Gasteiger partial charge in [0.25, 0.3) is 11.8 Å². The number of nitrogens with zero attached hydrogens (tertiary/aromatic N) is 4. The molecule has 2 aliphatic heterocycles. The lowest BCUT2D eigenvalue weighted by Crippen LogP contribution is -2.39. The average molecular weight is 454 g/mol. The van der Waals surface area contributed by atoms with Gasteiger partial charge in [-0.3, -0.25) is 14.6 Å². The van der Waals surface area contributed by atoms with Crippen molar-refractivity contribution in [1.29, 1.82) is 0 Å². The summed E-state index contributed by atoms with van der Waals surface area (Å²) in [5, 5.41) is 9.51. The minimum Gasteiger partial charge on any atom is -0.496 e. The first-order valence-corrected chi connectivity index (χ1v) is 9.96. The van der Waals surface area contributed by atoms with Gasteiger partial charge in [0, 0.05) is 11.6 Å². The minimum atomic E-state index is -0.972. The highest BCUT2D eigenvalue weighted by Gasteiger charge is 2.55. The molecule has 0 aliphatic carbocycles. The van der Waals surface area contributed by atoms with Crippen LogP contribution >= 0.6 is 0 Å². The zero-order chi connectivity index (χ0) is 23.7. The van der Waals surface area contributed by atoms with Gasteiger partial charge in [0.05, 0.1) is 46.2 Å². The molecule has 2 aromatic carbocycles. The third kappa shape index (κ3) is 3.71. The maximum atomic E-state index is 13.3. The summed E-state index contributed by atoms with van der Waals surface area (Å²) in [5.41, 5.74) is 1.25. The van der Waals surface area contributed by atoms with E-state index in [0.29, 0.717) is 34.1 Å². The molecule has 0 radical (unpaired) electrons. The summed E-state index contributed by atoms with van der Waals surface area (Å²) in [6.45, 7) is 0.0947. The zero-order valence-corrected chi connectivity index (χ0v) is 18.5. The lowest BCUT2D eigenvalue weighted by molar-refractivity contribution is -0.123. The van der Waals surface area contributed by atoms with Crippen LogP contribution in [0.4, 0.5) is 5.69 Å². The number of amides is 2. The van der Waals surface area contributed by atoms with Gasteiger partial charge in [-0.05, 0) is 30.3 Å². The van der Waals surface area contributed by atoms with Crippen molar-refractivity contribution in [2.45, 2.75) is 18.6 Å². The first-order chi connectivity index (χ1) is 15.9. The van der Waals surface area contributed by atoms with E-state index in [9.17, 15) is 14.4 Å². The summed E-state index contributed by atoms with van der Waals surface area (Å²) < 4.78 is 20.7. The third-order valence-electron chi connectivity index (χ3n) is 5.52. The Morgan fingerprint density at radius 1 is 0.909 bits per heavy atom. The molecule has 4 rings (SSSR count). The minimum absolute atomic E-state index is 0.0947. The molecule has 0 N–H and O–H groups in total. The van der Waals surface area contributed by atoms with Crippen LogP contribution < -0.4 is 19.1 Å². The largest absolute Gasteiger partial charge is 0.496 e. The van der Waals surface area contributed by atoms with E-state index in [1.807, 2.05) is 0 Å². The molecule has 11 heteroatoms. The molecule has 0 spiro atoms. The van der Waals surface area contributed by atoms with Crippen LogP contribution in [0.5, 0.6) is 17.2 Å². The van der Waals surface area contributed by atoms with E-state index in [2.05, 4.69) is 10.3 Å². The number of imide groups is 1. The predicted molar refractivity (Wildman–Crippen MR) is 114 cm³/mol. The Morgan fingerprint density at radius 2 is 1.61 bits per heavy atom. The van der Waals surface area contributed by atoms with Crippen molar-refractivity contribution >= 4 is 23.5 Å². The summed E-state index contributed by atoms with van der Waals surface area (Å²) >= 11 is 0. The Balaban J connectivity index is 1.62. The number of esters is 1. The topological polar surface area (TPSA) is 119 Å². The lowest BCUT2D eigenvalue weighted by atomic mass is 10.1. The van der Waals surface area contributed by atoms with Crippen LogP contribution in [0.1, 0.15) is 15.9 Å². The van der Waals surface area contributed by atoms with Gasteiger partial charge in [0.1, 0.15) is 5.75 Å². The number of hydrogen-bond acceptors (Lipinski definition) is 10. The molecule has 0 saturated carbocycles. The first kappa shape index (κ1) is 22.1. The van der Waals surface area contributed by atoms with E-state index < -0.39 is 29.9 Å². The number of hydrogen-bond donors (Lipinski definition) is 0. The van der Waals surface area contributed by atoms with Crippen LogP contribution in [0, 0.1) is 0 Å². The fourth-order valence-electron chi connectivity index (χ4n) is 3.89. The SMILES string of the molecule is COC(=O)c1ccc(OC)c(CN2N=NC3C(=O)N(c4ccc(OC)c(OC)c4)C(=O)C32)c1. The predicted octanol–water partition coefficient (Wildman–Crippen LogP) is 1.99. The van der Waals surface area contributed by atoms with Crippen LogP contribution in [0.3, 0.4) is 0 Å². The highest BCUT2D eigenvalue weighted by Crippen LogP contribution is 2.37. The fourth-order valence-corrected chi connectivity index (χ4v) is 3.89. The third-order valence-corrected chi connectivity index (χ3v) is 5.52. The number of ether oxygens (including phenoxy) is 4. The standard InChI is InChI=1S/C22H22N4O7/c1-30-15-7-5-12(22(29)33-4)9-13(15)11-25-19-18(23-24-25)20(27)26(21(19)28)14-6-8-16(31-2)17(10-14)32-3/h5-10,18-19H,11H2,1-4H3. The highest BCUT2D eigenvalue weighted by atomic mass is 16.5. The van der Waals surface area contributed by atoms with E-state index in [1.165, 1.54) is 33.4 Å². The van der Waals surface area contributed by atoms with Crippen molar-refractivity contribution in [1.82, 2.24) is 5.01 Å². The zero-order valence-electron chi connectivity index (χ0n) is 18.5. The number of rotatable bonds is 7. The Hall–Kier alpha value is -4.15. The van der Waals surface area contributed by atoms with Crippen LogP contribution in [0.25, 0.3) is 0 Å². The van der Waals surface area contributed by atoms with Gasteiger partial charge < -0.3 is 18.9 Å². The van der Waals surface area contributed by atoms with Gasteiger partial charge in [-0.1, -0.05) is 5.22 Å². The summed E-state index contributed by atoms with van der Waals surface area (Å²) in [5.74, 6) is -0.111. The summed E-state index contributed by atoms with van der Waals surface area (Å²) in [6, 6.07) is 7.68. The van der Waals surface area contributed by atoms with Crippen molar-refractivity contribution in [3.63, 3.8) is 0 Å². The molecular weight excluding hydrogens is 432 g/mol. The smallest absolute Gasteiger partial charge is 0.337 e. The van der Waals surface area contributed by atoms with E-state index in [1.54, 1.807) is 36.4 Å². The molecule has 2 aromatic rings. The monoisotopic (exact) mass is 454 g/mol. The number of carbonyl (C=O) groups is 3. The van der Waals surface area contributed by atoms with Crippen molar-refractivity contribution in [2.75, 3.05) is 33.3 Å². The molecule has 0 aromatic heterocycles. The van der Waals surface area contributed by atoms with Gasteiger partial charge in [0.2, 0.25) is 0 Å². The van der Waals surface area contributed by atoms with E-state index in [0.717, 1.165) is 4.90 Å². The van der Waals surface area contributed by atoms with E-state index in [-0.39, 0.29) is 6.54 Å². The van der Waals surface area contributed by atoms with Gasteiger partial charge in [-0.15, -0.1) is 0 Å². The molecule has 2 atom stereocenters. The second-order valence-electron chi connectivity index (χ2n) is 7.26. The van der Waals surface area contributed by atoms with Gasteiger partial charge in [-0.2, -0.15) is 5.11 Å². The number of carbonyl (C=O) groups excluding carboxylic acids is 3. The van der Waals surface area contributed by atoms with Crippen LogP contribution in [0.2, 0.25) is 0 Å². The van der Waals surface area contributed by atoms with E-state index in [4.69, 9.17) is 18.9 Å². The van der Waals surface area contributed by atoms with E-state index >= 15 is 0 Å². The summed E-state index contributed by atoms with van der Waals surface area (Å²) in [4.78, 5) is 39.3. The van der Waals surface area contributed by atoms with Crippen molar-refractivity contribution in [2.24, 2.45) is 10.3 Å². The molecule has 0 bridgehead atoms. The Kier molecular flexibility index (Phi) is 5.86. The van der Waals surface area contributed by atoms with Crippen LogP contribution in [0.15, 0.2) is 46.7 Å². The van der Waals surface area contributed by atoms with Crippen molar-refractivity contribution < 1.29 is 33.3 Å². The van der Waals surface area contributed by atoms with Gasteiger partial charge >= 0.3 is 5.97 Å². The Labute approximate surface area is 189 Å². The normalized spacial score (nSPS) is 19.0. The molecule has 1 saturated heterocycles. The maximum Gasteiger partial charge on any atom is 0.337 e. The first-order valence-electron chi connectivity index (χ1n) is 9.96. The number of benzene rings is 2. The number of methoxy groups -OCH3 is 4. The molecule has 1 fully saturated rings. The lowest BCUT2D eigenvalue weighted by Gasteiger charge is -2.22. The molecule has 172 valence electrons. The average Bonchev–Trinajstić information content (AvgIpc) is 3.37. The van der Waals surface area contributed by atoms with Crippen LogP contribution in [-0.4, -0.2) is 63.3 Å². The maximum absolute atomic E-state index is 13.3. The molecule has 33 heavy (non-hydrogen) atoms. The summed E-state index contributed by atoms with van der Waals surface area (Å²) in [6.07, 6.45) is 0.